The number of hydrogen-bond donors (Lipinski definition) is 0. The molecule has 10 radical (unpaired) electrons. The van der Waals surface area contributed by atoms with E-state index in [1.807, 2.05) is 76.0 Å². The molecule has 22 heavy (non-hydrogen) atoms. The molecule has 2 aliphatic carbocycles. The van der Waals surface area contributed by atoms with Crippen molar-refractivity contribution in [2.45, 2.75) is 6.42 Å². The molecular formula is C19H18FeO2. The number of carbonyl (C=O) groups excluding carboxylic acids is 1. The van der Waals surface area contributed by atoms with Crippen LogP contribution in [0.4, 0.5) is 0 Å². The smallest absolute Gasteiger partial charge is 0.338 e. The molecule has 0 aromatic heterocycles. The van der Waals surface area contributed by atoms with Crippen molar-refractivity contribution < 1.29 is 26.6 Å². The fourth-order valence-corrected chi connectivity index (χ4v) is 2.06. The molecule has 0 atom stereocenters. The molecule has 2 saturated carbocycles. The van der Waals surface area contributed by atoms with E-state index in [1.54, 1.807) is 6.07 Å². The predicted octanol–water partition coefficient (Wildman–Crippen LogP) is 3.44. The molecule has 1 aromatic rings. The first-order chi connectivity index (χ1) is 10.3. The van der Waals surface area contributed by atoms with Crippen LogP contribution in [0, 0.1) is 63.7 Å². The molecule has 0 saturated heterocycles. The van der Waals surface area contributed by atoms with Gasteiger partial charge in [0.15, 0.2) is 0 Å². The summed E-state index contributed by atoms with van der Waals surface area (Å²) in [5, 5.41) is 0. The Morgan fingerprint density at radius 3 is 2.00 bits per heavy atom. The molecule has 0 bridgehead atoms. The normalized spacial score (nSPS) is 17.3. The molecule has 0 heterocycles. The predicted molar refractivity (Wildman–Crippen MR) is 83.4 cm³/mol. The van der Waals surface area contributed by atoms with Gasteiger partial charge >= 0.3 is 5.97 Å². The van der Waals surface area contributed by atoms with E-state index in [0.29, 0.717) is 5.56 Å². The van der Waals surface area contributed by atoms with Gasteiger partial charge in [-0.15, -0.1) is 0 Å². The molecule has 2 nitrogen and oxygen atoms in total. The van der Waals surface area contributed by atoms with Crippen molar-refractivity contribution in [3.63, 3.8) is 0 Å². The number of ether oxygens (including phenoxy) is 1. The van der Waals surface area contributed by atoms with Crippen LogP contribution in [0.5, 0.6) is 0 Å². The number of benzene rings is 1. The van der Waals surface area contributed by atoms with E-state index in [-0.39, 0.29) is 23.0 Å². The van der Waals surface area contributed by atoms with Crippen molar-refractivity contribution in [2.75, 3.05) is 7.11 Å². The Balaban J connectivity index is 0.000000344. The summed E-state index contributed by atoms with van der Waals surface area (Å²) in [6.45, 7) is 0. The Bertz CT molecular complexity index is 427. The average Bonchev–Trinajstić information content (AvgIpc) is 3.23. The van der Waals surface area contributed by atoms with Gasteiger partial charge in [0.25, 0.3) is 0 Å². The van der Waals surface area contributed by atoms with Gasteiger partial charge in [0, 0.05) is 17.1 Å². The van der Waals surface area contributed by atoms with Crippen molar-refractivity contribution in [1.82, 2.24) is 0 Å². The molecule has 0 amide bonds. The molecule has 3 heteroatoms. The average molecular weight is 334 g/mol. The Morgan fingerprint density at radius 1 is 0.909 bits per heavy atom. The van der Waals surface area contributed by atoms with Gasteiger partial charge in [-0.3, -0.25) is 0 Å². The first kappa shape index (κ1) is 19.3. The SMILES string of the molecule is COC(=O)c1ccccc1C[C]1[CH][CH][CH][CH]1.[CH]1[CH][CH][CH][CH]1.[Fe]. The molecular weight excluding hydrogens is 316 g/mol. The van der Waals surface area contributed by atoms with E-state index in [2.05, 4.69) is 0 Å². The molecule has 1 aromatic carbocycles. The maximum absolute atomic E-state index is 11.5. The molecule has 0 spiro atoms. The minimum atomic E-state index is -0.276. The third kappa shape index (κ3) is 6.14. The molecule has 3 rings (SSSR count). The molecule has 0 unspecified atom stereocenters. The van der Waals surface area contributed by atoms with Crippen molar-refractivity contribution in [1.29, 1.82) is 0 Å². The van der Waals surface area contributed by atoms with Crippen LogP contribution in [0.1, 0.15) is 15.9 Å². The monoisotopic (exact) mass is 334 g/mol. The number of methoxy groups -OCH3 is 1. The molecule has 0 aliphatic heterocycles. The second-order valence-electron chi connectivity index (χ2n) is 4.58. The summed E-state index contributed by atoms with van der Waals surface area (Å²) >= 11 is 0. The van der Waals surface area contributed by atoms with E-state index in [9.17, 15) is 4.79 Å². The van der Waals surface area contributed by atoms with Gasteiger partial charge < -0.3 is 4.74 Å². The largest absolute Gasteiger partial charge is 0.465 e. The van der Waals surface area contributed by atoms with Crippen molar-refractivity contribution in [3.8, 4) is 0 Å². The summed E-state index contributed by atoms with van der Waals surface area (Å²) in [4.78, 5) is 11.5. The van der Waals surface area contributed by atoms with E-state index < -0.39 is 0 Å². The zero-order valence-corrected chi connectivity index (χ0v) is 13.5. The van der Waals surface area contributed by atoms with E-state index in [0.717, 1.165) is 12.0 Å². The van der Waals surface area contributed by atoms with Gasteiger partial charge in [-0.25, -0.2) is 4.79 Å². The van der Waals surface area contributed by atoms with Gasteiger partial charge in [-0.1, -0.05) is 18.2 Å². The van der Waals surface area contributed by atoms with Gasteiger partial charge in [0.2, 0.25) is 0 Å². The minimum absolute atomic E-state index is 0. The van der Waals surface area contributed by atoms with Crippen molar-refractivity contribution >= 4 is 5.97 Å². The van der Waals surface area contributed by atoms with Gasteiger partial charge in [0.1, 0.15) is 0 Å². The fourth-order valence-electron chi connectivity index (χ4n) is 2.06. The summed E-state index contributed by atoms with van der Waals surface area (Å²) in [6, 6.07) is 7.54. The van der Waals surface area contributed by atoms with Gasteiger partial charge in [0.05, 0.1) is 12.7 Å². The zero-order chi connectivity index (χ0) is 14.9. The van der Waals surface area contributed by atoms with Crippen molar-refractivity contribution in [2.24, 2.45) is 0 Å². The Hall–Kier alpha value is -0.791. The summed E-state index contributed by atoms with van der Waals surface area (Å²) in [7, 11) is 1.40. The summed E-state index contributed by atoms with van der Waals surface area (Å²) in [5.74, 6) is 0.929. The van der Waals surface area contributed by atoms with Crippen LogP contribution in [-0.4, -0.2) is 13.1 Å². The summed E-state index contributed by atoms with van der Waals surface area (Å²) < 4.78 is 4.76. The second kappa shape index (κ2) is 10.9. The number of rotatable bonds is 3. The maximum atomic E-state index is 11.5. The molecule has 114 valence electrons. The van der Waals surface area contributed by atoms with Crippen LogP contribution in [0.15, 0.2) is 24.3 Å². The van der Waals surface area contributed by atoms with Gasteiger partial charge in [-0.2, -0.15) is 0 Å². The summed E-state index contributed by atoms with van der Waals surface area (Å²) in [6.07, 6.45) is 18.9. The van der Waals surface area contributed by atoms with E-state index >= 15 is 0 Å². The minimum Gasteiger partial charge on any atom is -0.465 e. The molecule has 0 N–H and O–H groups in total. The first-order valence-corrected chi connectivity index (χ1v) is 6.84. The zero-order valence-electron chi connectivity index (χ0n) is 12.4. The van der Waals surface area contributed by atoms with Crippen LogP contribution in [-0.2, 0) is 28.2 Å². The fraction of sp³-hybridized carbons (Fsp3) is 0.105. The number of hydrogen-bond acceptors (Lipinski definition) is 2. The van der Waals surface area contributed by atoms with Crippen LogP contribution in [0.3, 0.4) is 0 Å². The Kier molecular flexibility index (Phi) is 9.50. The first-order valence-electron chi connectivity index (χ1n) is 6.84. The van der Waals surface area contributed by atoms with Crippen LogP contribution in [0.25, 0.3) is 0 Å². The summed E-state index contributed by atoms with van der Waals surface area (Å²) in [5.41, 5.74) is 1.65. The third-order valence-corrected chi connectivity index (χ3v) is 3.10. The number of carbonyl (C=O) groups is 1. The van der Waals surface area contributed by atoms with Crippen LogP contribution in [0.2, 0.25) is 0 Å². The van der Waals surface area contributed by atoms with Crippen molar-refractivity contribution in [3.05, 3.63) is 99.1 Å². The Labute approximate surface area is 145 Å². The van der Waals surface area contributed by atoms with Gasteiger partial charge in [-0.05, 0) is 81.8 Å². The second-order valence-corrected chi connectivity index (χ2v) is 4.58. The van der Waals surface area contributed by atoms with Crippen LogP contribution >= 0.6 is 0 Å². The molecule has 2 fully saturated rings. The maximum Gasteiger partial charge on any atom is 0.338 e. The third-order valence-electron chi connectivity index (χ3n) is 3.10. The van der Waals surface area contributed by atoms with Crippen LogP contribution < -0.4 is 0 Å². The molecule has 2 aliphatic rings. The Morgan fingerprint density at radius 2 is 1.45 bits per heavy atom. The number of esters is 1. The van der Waals surface area contributed by atoms with E-state index in [1.165, 1.54) is 13.0 Å². The standard InChI is InChI=1S/C14H13O2.C5H5.Fe/c1-16-14(15)13-9-5-4-8-12(13)10-11-6-2-3-7-11;1-2-4-5-3-1;/h2-9H,10H2,1H3;1-5H;. The van der Waals surface area contributed by atoms with E-state index in [4.69, 9.17) is 4.74 Å². The topological polar surface area (TPSA) is 26.3 Å². The quantitative estimate of drug-likeness (QED) is 0.625.